The normalized spacial score (nSPS) is 29.7. The number of rotatable bonds is 22. The standard InChI is InChI=1S/C37H69NO6SSi2.C31H55NO6SSi/c1-18-19-25(2)31(44-47(16,17)34(7,8)9)26(3)32(40)35(10,11)29(43-46(14,15)33(4,5)6)23-30(39)38-28-22-27-20-21-37(28,36(27,12)13)24-45(38,41)42;1-13-14-20(2)26(38-40(11,12)28(4,5)6)21(3)27(35)29(7,8)24(33)18-25(34)32-23-17-22-15-16-31(23,30(22,9)10)19-39(32,36)37/h18-19,25-29,31H,20-24H2,1-17H3;13-14,20-24,26,33H,15-19H2,1-12H3/b19-18+;14-13+/t25-,26+,27?,28?,29+,31-,37?;20-,21+,22?,23?,24-,26+,31?/m00/s1. The predicted molar refractivity (Wildman–Crippen MR) is 361 cm³/mol. The van der Waals surface area contributed by atoms with E-state index in [4.69, 9.17) is 13.3 Å². The Kier molecular flexibility index (Phi) is 21.6. The predicted octanol–water partition coefficient (Wildman–Crippen LogP) is 14.9. The fourth-order valence-electron chi connectivity index (χ4n) is 16.0. The van der Waals surface area contributed by atoms with Gasteiger partial charge in [-0.15, -0.1) is 0 Å². The van der Waals surface area contributed by atoms with Crippen molar-refractivity contribution in [3.8, 4) is 0 Å². The van der Waals surface area contributed by atoms with E-state index < -0.39 is 109 Å². The van der Waals surface area contributed by atoms with Crippen LogP contribution in [0.3, 0.4) is 0 Å². The van der Waals surface area contributed by atoms with Gasteiger partial charge in [0, 0.05) is 28.1 Å². The average molecular weight is 1310 g/mol. The van der Waals surface area contributed by atoms with Crippen molar-refractivity contribution in [3.63, 3.8) is 0 Å². The van der Waals surface area contributed by atoms with Crippen molar-refractivity contribution in [2.75, 3.05) is 11.5 Å². The molecule has 14 nitrogen and oxygen atoms in total. The maximum absolute atomic E-state index is 14.8. The third kappa shape index (κ3) is 13.6. The molecule has 6 aliphatic rings. The number of carbonyl (C=O) groups is 4. The number of allylic oxidation sites excluding steroid dienone is 2. The van der Waals surface area contributed by atoms with E-state index in [2.05, 4.69) is 142 Å². The van der Waals surface area contributed by atoms with Crippen molar-refractivity contribution in [2.24, 2.45) is 68.0 Å². The molecule has 14 atom stereocenters. The van der Waals surface area contributed by atoms with Gasteiger partial charge in [0.1, 0.15) is 11.6 Å². The SMILES string of the molecule is C/C=C/[C@H](C)[C@@H](O[Si](C)(C)C(C)(C)C)[C@@H](C)C(=O)C(C)(C)[C@@H](O)CC(=O)N1C2CC3CCC2(CS1(=O)=O)C3(C)C.C/C=C/[C@H](C)[C@H](O[Si](C)(C)C(C)(C)C)[C@@H](C)C(=O)C(C)(C)[C@@H](CC(=O)N1C2CC3CCC2(CS1(=O)=O)C3(C)C)O[Si](C)(C)C(C)(C)C. The molecule has 0 aromatic carbocycles. The fourth-order valence-corrected chi connectivity index (χ4v) is 25.4. The number of nitrogens with zero attached hydrogens (tertiary/aromatic N) is 2. The van der Waals surface area contributed by atoms with E-state index in [1.165, 1.54) is 4.31 Å². The highest BCUT2D eigenvalue weighted by molar-refractivity contribution is 7.90. The Morgan fingerprint density at radius 1 is 0.540 bits per heavy atom. The Morgan fingerprint density at radius 2 is 0.851 bits per heavy atom. The molecule has 0 aromatic rings. The zero-order valence-corrected chi connectivity index (χ0v) is 64.6. The maximum atomic E-state index is 14.8. The van der Waals surface area contributed by atoms with Gasteiger partial charge >= 0.3 is 0 Å². The van der Waals surface area contributed by atoms with E-state index in [-0.39, 0.29) is 91.6 Å². The highest BCUT2D eigenvalue weighted by atomic mass is 32.2. The molecule has 87 heavy (non-hydrogen) atoms. The summed E-state index contributed by atoms with van der Waals surface area (Å²) in [6.07, 6.45) is 9.79. The summed E-state index contributed by atoms with van der Waals surface area (Å²) < 4.78 is 77.5. The molecular weight excluding hydrogens is 1190 g/mol. The van der Waals surface area contributed by atoms with Gasteiger partial charge in [-0.1, -0.05) is 170 Å². The minimum absolute atomic E-state index is 0.00246. The summed E-state index contributed by atoms with van der Waals surface area (Å²) in [7, 11) is -14.6. The first-order valence-electron chi connectivity index (χ1n) is 33.0. The number of hydrogen-bond donors (Lipinski definition) is 1. The molecule has 6 fully saturated rings. The van der Waals surface area contributed by atoms with Gasteiger partial charge in [0.2, 0.25) is 31.9 Å². The number of carbonyl (C=O) groups excluding carboxylic acids is 4. The molecule has 0 radical (unpaired) electrons. The van der Waals surface area contributed by atoms with Crippen LogP contribution in [-0.2, 0) is 52.5 Å². The molecule has 4 aliphatic carbocycles. The zero-order chi connectivity index (χ0) is 67.4. The molecule has 19 heteroatoms. The largest absolute Gasteiger partial charge is 0.413 e. The lowest BCUT2D eigenvalue weighted by Crippen LogP contribution is -2.55. The van der Waals surface area contributed by atoms with E-state index in [1.54, 1.807) is 13.8 Å². The first-order chi connectivity index (χ1) is 38.9. The molecule has 2 saturated heterocycles. The lowest BCUT2D eigenvalue weighted by molar-refractivity contribution is -0.145. The lowest BCUT2D eigenvalue weighted by Gasteiger charge is -2.46. The van der Waals surface area contributed by atoms with Gasteiger partial charge in [0.05, 0.1) is 66.3 Å². The summed E-state index contributed by atoms with van der Waals surface area (Å²) in [5.41, 5.74) is -3.46. The molecule has 6 unspecified atom stereocenters. The van der Waals surface area contributed by atoms with Crippen LogP contribution in [0.2, 0.25) is 54.4 Å². The van der Waals surface area contributed by atoms with Crippen LogP contribution in [0.1, 0.15) is 211 Å². The number of sulfonamides is 2. The summed E-state index contributed by atoms with van der Waals surface area (Å²) in [4.78, 5) is 56.9. The zero-order valence-electron chi connectivity index (χ0n) is 60.0. The van der Waals surface area contributed by atoms with E-state index in [0.29, 0.717) is 18.3 Å². The van der Waals surface area contributed by atoms with Crippen molar-refractivity contribution in [3.05, 3.63) is 24.3 Å². The molecule has 4 bridgehead atoms. The summed E-state index contributed by atoms with van der Waals surface area (Å²) in [6, 6.07) is -0.670. The topological polar surface area (TPSA) is 191 Å². The van der Waals surface area contributed by atoms with Crippen molar-refractivity contribution in [1.29, 1.82) is 0 Å². The summed E-state index contributed by atoms with van der Waals surface area (Å²) in [5, 5.41) is 11.1. The Balaban J connectivity index is 0.000000321. The lowest BCUT2D eigenvalue weighted by atomic mass is 9.69. The summed E-state index contributed by atoms with van der Waals surface area (Å²) >= 11 is 0. The Morgan fingerprint density at radius 3 is 1.16 bits per heavy atom. The molecule has 1 N–H and O–H groups in total. The van der Waals surface area contributed by atoms with Crippen molar-refractivity contribution in [2.45, 2.75) is 302 Å². The number of ketones is 2. The maximum Gasteiger partial charge on any atom is 0.238 e. The highest BCUT2D eigenvalue weighted by Crippen LogP contribution is 2.71. The summed E-state index contributed by atoms with van der Waals surface area (Å²) in [6.45, 7) is 60.2. The first kappa shape index (κ1) is 75.9. The third-order valence-corrected chi connectivity index (χ3v) is 42.8. The second kappa shape index (κ2) is 24.8. The molecule has 2 spiro atoms. The number of Topliss-reactive ketones (excluding diaryl/α,β-unsaturated/α-hetero) is 2. The average Bonchev–Trinajstić information content (AvgIpc) is 1.54. The number of fused-ring (bicyclic) bond motifs is 2. The molecule has 2 aliphatic heterocycles. The summed E-state index contributed by atoms with van der Waals surface area (Å²) in [5.74, 6) is -1.44. The van der Waals surface area contributed by atoms with Crippen LogP contribution in [0.15, 0.2) is 24.3 Å². The van der Waals surface area contributed by atoms with Gasteiger partial charge in [-0.2, -0.15) is 0 Å². The van der Waals surface area contributed by atoms with Crippen LogP contribution in [0, 0.1) is 68.0 Å². The minimum atomic E-state index is -3.79. The quantitative estimate of drug-likeness (QED) is 0.0798. The van der Waals surface area contributed by atoms with Gasteiger partial charge in [0.15, 0.2) is 25.0 Å². The van der Waals surface area contributed by atoms with E-state index >= 15 is 0 Å². The van der Waals surface area contributed by atoms with Gasteiger partial charge in [-0.25, -0.2) is 25.4 Å². The molecule has 2 heterocycles. The van der Waals surface area contributed by atoms with Crippen LogP contribution >= 0.6 is 0 Å². The van der Waals surface area contributed by atoms with Gasteiger partial charge in [0.25, 0.3) is 0 Å². The van der Waals surface area contributed by atoms with Crippen LogP contribution in [0.25, 0.3) is 0 Å². The number of hydrogen-bond acceptors (Lipinski definition) is 12. The molecule has 502 valence electrons. The number of aliphatic hydroxyl groups is 1. The van der Waals surface area contributed by atoms with Crippen LogP contribution < -0.4 is 0 Å². The van der Waals surface area contributed by atoms with Crippen molar-refractivity contribution >= 4 is 68.4 Å². The minimum Gasteiger partial charge on any atom is -0.413 e. The molecule has 2 amide bonds. The van der Waals surface area contributed by atoms with E-state index in [0.717, 1.165) is 36.4 Å². The molecular formula is C68H124N2O12S2Si3. The first-order valence-corrected chi connectivity index (χ1v) is 45.0. The van der Waals surface area contributed by atoms with Crippen LogP contribution in [0.5, 0.6) is 0 Å². The second-order valence-electron chi connectivity index (χ2n) is 35.1. The smallest absolute Gasteiger partial charge is 0.238 e. The molecule has 4 saturated carbocycles. The third-order valence-electron chi connectivity index (χ3n) is 25.5. The van der Waals surface area contributed by atoms with Crippen molar-refractivity contribution < 1.29 is 54.4 Å². The van der Waals surface area contributed by atoms with Crippen LogP contribution in [0.4, 0.5) is 0 Å². The highest BCUT2D eigenvalue weighted by Gasteiger charge is 2.74. The Labute approximate surface area is 533 Å². The second-order valence-corrected chi connectivity index (χ2v) is 53.1. The number of aliphatic hydroxyl groups excluding tert-OH is 1. The fraction of sp³-hybridized carbons (Fsp3) is 0.882. The molecule has 0 aromatic heterocycles. The van der Waals surface area contributed by atoms with Gasteiger partial charge < -0.3 is 18.4 Å². The van der Waals surface area contributed by atoms with Gasteiger partial charge in [-0.3, -0.25) is 19.2 Å². The van der Waals surface area contributed by atoms with Crippen molar-refractivity contribution in [1.82, 2.24) is 8.61 Å². The Bertz CT molecular complexity index is 2860. The molecule has 6 rings (SSSR count). The van der Waals surface area contributed by atoms with E-state index in [9.17, 15) is 41.1 Å². The number of amides is 2. The van der Waals surface area contributed by atoms with E-state index in [1.807, 2.05) is 66.7 Å². The Hall–Kier alpha value is -1.85. The van der Waals surface area contributed by atoms with Gasteiger partial charge in [-0.05, 0) is 141 Å². The monoisotopic (exact) mass is 1310 g/mol. The van der Waals surface area contributed by atoms with Crippen LogP contribution in [-0.4, -0.2) is 127 Å².